The highest BCUT2D eigenvalue weighted by atomic mass is 19.4. The van der Waals surface area contributed by atoms with Gasteiger partial charge in [-0.3, -0.25) is 0 Å². The number of fused-ring (bicyclic) bond motifs is 1. The zero-order valence-electron chi connectivity index (χ0n) is 13.4. The Morgan fingerprint density at radius 1 is 1.12 bits per heavy atom. The molecule has 134 valence electrons. The van der Waals surface area contributed by atoms with Gasteiger partial charge in [0.2, 0.25) is 0 Å². The smallest absolute Gasteiger partial charge is 0.386 e. The molecule has 5 nitrogen and oxygen atoms in total. The number of hydrogen-bond acceptors (Lipinski definition) is 5. The molecule has 8 heteroatoms. The first-order valence-corrected chi connectivity index (χ1v) is 7.51. The third-order valence-electron chi connectivity index (χ3n) is 4.17. The van der Waals surface area contributed by atoms with E-state index in [0.29, 0.717) is 5.56 Å². The average molecular weight is 348 g/mol. The summed E-state index contributed by atoms with van der Waals surface area (Å²) < 4.78 is 60.3. The summed E-state index contributed by atoms with van der Waals surface area (Å²) in [6.07, 6.45) is -8.21. The molecule has 0 aliphatic carbocycles. The van der Waals surface area contributed by atoms with Gasteiger partial charge >= 0.3 is 6.18 Å². The molecule has 2 aliphatic heterocycles. The first-order valence-electron chi connectivity index (χ1n) is 7.51. The molecule has 0 radical (unpaired) electrons. The molecular weight excluding hydrogens is 329 g/mol. The van der Waals surface area contributed by atoms with Gasteiger partial charge in [0.15, 0.2) is 12.1 Å². The fourth-order valence-corrected chi connectivity index (χ4v) is 3.09. The first-order chi connectivity index (χ1) is 11.1. The van der Waals surface area contributed by atoms with Crippen LogP contribution in [-0.2, 0) is 25.1 Å². The second-order valence-electron chi connectivity index (χ2n) is 6.33. The van der Waals surface area contributed by atoms with E-state index in [1.54, 1.807) is 13.8 Å². The van der Waals surface area contributed by atoms with E-state index in [4.69, 9.17) is 18.9 Å². The minimum absolute atomic E-state index is 0.303. The molecule has 2 aliphatic rings. The van der Waals surface area contributed by atoms with E-state index in [1.807, 2.05) is 0 Å². The van der Waals surface area contributed by atoms with Crippen LogP contribution < -0.4 is 0 Å². The van der Waals surface area contributed by atoms with Gasteiger partial charge in [-0.25, -0.2) is 0 Å². The van der Waals surface area contributed by atoms with Crippen molar-refractivity contribution in [1.82, 2.24) is 0 Å². The SMILES string of the molecule is CO[C@@H]1O[C@H]([C@@H](O)c2ccc(C(F)(F)F)cc2)[C@H]2OC(C)(C)O[C@@H]12. The van der Waals surface area contributed by atoms with E-state index >= 15 is 0 Å². The van der Waals surface area contributed by atoms with Crippen molar-refractivity contribution in [2.75, 3.05) is 7.11 Å². The van der Waals surface area contributed by atoms with Crippen LogP contribution in [0.3, 0.4) is 0 Å². The summed E-state index contributed by atoms with van der Waals surface area (Å²) in [6, 6.07) is 4.31. The van der Waals surface area contributed by atoms with Crippen molar-refractivity contribution in [3.63, 3.8) is 0 Å². The Hall–Kier alpha value is -1.19. The molecule has 5 atom stereocenters. The molecular formula is C16H19F3O5. The molecule has 0 saturated carbocycles. The Morgan fingerprint density at radius 2 is 1.71 bits per heavy atom. The Morgan fingerprint density at radius 3 is 2.25 bits per heavy atom. The zero-order valence-corrected chi connectivity index (χ0v) is 13.4. The second-order valence-corrected chi connectivity index (χ2v) is 6.33. The highest BCUT2D eigenvalue weighted by Gasteiger charge is 2.57. The van der Waals surface area contributed by atoms with Gasteiger partial charge in [0.05, 0.1) is 5.56 Å². The van der Waals surface area contributed by atoms with Gasteiger partial charge in [0.1, 0.15) is 24.4 Å². The van der Waals surface area contributed by atoms with Crippen molar-refractivity contribution in [2.24, 2.45) is 0 Å². The third-order valence-corrected chi connectivity index (χ3v) is 4.17. The molecule has 24 heavy (non-hydrogen) atoms. The number of alkyl halides is 3. The Balaban J connectivity index is 1.80. The quantitative estimate of drug-likeness (QED) is 0.910. The average Bonchev–Trinajstić information content (AvgIpc) is 2.98. The summed E-state index contributed by atoms with van der Waals surface area (Å²) >= 11 is 0. The fraction of sp³-hybridized carbons (Fsp3) is 0.625. The summed E-state index contributed by atoms with van der Waals surface area (Å²) in [7, 11) is 1.45. The topological polar surface area (TPSA) is 57.2 Å². The van der Waals surface area contributed by atoms with Crippen molar-refractivity contribution >= 4 is 0 Å². The van der Waals surface area contributed by atoms with Crippen molar-refractivity contribution in [3.8, 4) is 0 Å². The summed E-state index contributed by atoms with van der Waals surface area (Å²) in [5.41, 5.74) is -0.475. The summed E-state index contributed by atoms with van der Waals surface area (Å²) in [4.78, 5) is 0. The minimum atomic E-state index is -4.42. The Kier molecular flexibility index (Phi) is 4.38. The van der Waals surface area contributed by atoms with Crippen LogP contribution in [0.4, 0.5) is 13.2 Å². The van der Waals surface area contributed by atoms with E-state index in [2.05, 4.69) is 0 Å². The van der Waals surface area contributed by atoms with Gasteiger partial charge in [-0.15, -0.1) is 0 Å². The lowest BCUT2D eigenvalue weighted by Crippen LogP contribution is -2.34. The summed E-state index contributed by atoms with van der Waals surface area (Å²) in [5, 5.41) is 10.5. The molecule has 1 aromatic rings. The van der Waals surface area contributed by atoms with Crippen LogP contribution in [-0.4, -0.2) is 42.6 Å². The maximum absolute atomic E-state index is 12.6. The van der Waals surface area contributed by atoms with Crippen LogP contribution in [0.25, 0.3) is 0 Å². The van der Waals surface area contributed by atoms with Gasteiger partial charge in [0.25, 0.3) is 0 Å². The van der Waals surface area contributed by atoms with E-state index in [9.17, 15) is 18.3 Å². The normalized spacial score (nSPS) is 33.5. The highest BCUT2D eigenvalue weighted by Crippen LogP contribution is 2.43. The molecule has 0 bridgehead atoms. The second kappa shape index (κ2) is 5.96. The summed E-state index contributed by atoms with van der Waals surface area (Å²) in [6.45, 7) is 3.47. The lowest BCUT2D eigenvalue weighted by atomic mass is 9.98. The number of hydrogen-bond donors (Lipinski definition) is 1. The molecule has 0 aromatic heterocycles. The fourth-order valence-electron chi connectivity index (χ4n) is 3.09. The zero-order chi connectivity index (χ0) is 17.7. The monoisotopic (exact) mass is 348 g/mol. The number of methoxy groups -OCH3 is 1. The van der Waals surface area contributed by atoms with Crippen LogP contribution >= 0.6 is 0 Å². The molecule has 3 rings (SSSR count). The van der Waals surface area contributed by atoms with Gasteiger partial charge in [-0.1, -0.05) is 12.1 Å². The predicted octanol–water partition coefficient (Wildman–Crippen LogP) is 2.63. The number of halogens is 3. The number of rotatable bonds is 3. The molecule has 1 N–H and O–H groups in total. The molecule has 1 aromatic carbocycles. The first kappa shape index (κ1) is 17.6. The Labute approximate surface area is 137 Å². The maximum atomic E-state index is 12.6. The van der Waals surface area contributed by atoms with E-state index in [1.165, 1.54) is 19.2 Å². The number of benzene rings is 1. The molecule has 2 fully saturated rings. The van der Waals surface area contributed by atoms with Crippen LogP contribution in [0, 0.1) is 0 Å². The molecule has 0 spiro atoms. The van der Waals surface area contributed by atoms with Gasteiger partial charge in [-0.2, -0.15) is 13.2 Å². The molecule has 0 amide bonds. The molecule has 2 saturated heterocycles. The third kappa shape index (κ3) is 3.16. The number of aliphatic hydroxyl groups excluding tert-OH is 1. The van der Waals surface area contributed by atoms with E-state index in [0.717, 1.165) is 12.1 Å². The van der Waals surface area contributed by atoms with E-state index < -0.39 is 48.2 Å². The van der Waals surface area contributed by atoms with Crippen molar-refractivity contribution in [3.05, 3.63) is 35.4 Å². The maximum Gasteiger partial charge on any atom is 0.416 e. The standard InChI is InChI=1S/C16H19F3O5/c1-15(2)23-12-11(22-14(21-3)13(12)24-15)10(20)8-4-6-9(7-5-8)16(17,18)19/h4-7,10-14,20H,1-3H3/t10-,11+,12+,13+,14+/m0/s1. The van der Waals surface area contributed by atoms with Crippen molar-refractivity contribution < 1.29 is 37.2 Å². The van der Waals surface area contributed by atoms with E-state index in [-0.39, 0.29) is 0 Å². The van der Waals surface area contributed by atoms with Crippen LogP contribution in [0.15, 0.2) is 24.3 Å². The van der Waals surface area contributed by atoms with Gasteiger partial charge in [0, 0.05) is 7.11 Å². The predicted molar refractivity (Wildman–Crippen MR) is 75.9 cm³/mol. The number of ether oxygens (including phenoxy) is 4. The highest BCUT2D eigenvalue weighted by molar-refractivity contribution is 5.27. The van der Waals surface area contributed by atoms with Crippen molar-refractivity contribution in [1.29, 1.82) is 0 Å². The number of aliphatic hydroxyl groups is 1. The lowest BCUT2D eigenvalue weighted by molar-refractivity contribution is -0.237. The lowest BCUT2D eigenvalue weighted by Gasteiger charge is -2.26. The Bertz CT molecular complexity index is 586. The van der Waals surface area contributed by atoms with Gasteiger partial charge < -0.3 is 24.1 Å². The minimum Gasteiger partial charge on any atom is -0.386 e. The largest absolute Gasteiger partial charge is 0.416 e. The van der Waals surface area contributed by atoms with Crippen LogP contribution in [0.5, 0.6) is 0 Å². The van der Waals surface area contributed by atoms with Crippen LogP contribution in [0.2, 0.25) is 0 Å². The van der Waals surface area contributed by atoms with Crippen LogP contribution in [0.1, 0.15) is 31.1 Å². The summed E-state index contributed by atoms with van der Waals surface area (Å²) in [5.74, 6) is -0.853. The van der Waals surface area contributed by atoms with Crippen molar-refractivity contribution in [2.45, 2.75) is 56.5 Å². The molecule has 0 unspecified atom stereocenters. The molecule has 2 heterocycles. The van der Waals surface area contributed by atoms with Gasteiger partial charge in [-0.05, 0) is 31.5 Å².